The van der Waals surface area contributed by atoms with Crippen molar-refractivity contribution in [3.05, 3.63) is 22.4 Å². The molecule has 5 nitrogen and oxygen atoms in total. The Morgan fingerprint density at radius 1 is 1.57 bits per heavy atom. The molecule has 3 atom stereocenters. The number of hydrogen-bond acceptors (Lipinski definition) is 4. The Morgan fingerprint density at radius 2 is 2.39 bits per heavy atom. The molecule has 1 fully saturated rings. The zero-order chi connectivity index (χ0) is 16.7. The van der Waals surface area contributed by atoms with Crippen LogP contribution < -0.4 is 10.6 Å². The summed E-state index contributed by atoms with van der Waals surface area (Å²) in [6, 6.07) is 5.16. The molecule has 0 radical (unpaired) electrons. The van der Waals surface area contributed by atoms with Gasteiger partial charge in [-0.1, -0.05) is 6.07 Å². The monoisotopic (exact) mass is 338 g/mol. The Morgan fingerprint density at radius 3 is 3.04 bits per heavy atom. The standard InChI is InChI=1S/C17H30N4OS/c1-13(12-22-4)20-17(18-2)19-11-14-7-5-9-21(3)16(14)15-8-6-10-23-15/h6,8,10,13-14,16H,5,7,9,11-12H2,1-4H3,(H2,18,19,20). The molecule has 0 saturated carbocycles. The van der Waals surface area contributed by atoms with Crippen LogP contribution in [0.1, 0.15) is 30.7 Å². The van der Waals surface area contributed by atoms with Crippen LogP contribution in [0.2, 0.25) is 0 Å². The Kier molecular flexibility index (Phi) is 7.33. The molecule has 1 aliphatic rings. The third-order valence-electron chi connectivity index (χ3n) is 4.40. The third-order valence-corrected chi connectivity index (χ3v) is 5.34. The first-order valence-electron chi connectivity index (χ1n) is 8.35. The molecule has 0 amide bonds. The van der Waals surface area contributed by atoms with E-state index in [2.05, 4.69) is 52.0 Å². The highest BCUT2D eigenvalue weighted by Gasteiger charge is 2.31. The molecule has 2 rings (SSSR count). The Hall–Kier alpha value is -1.11. The summed E-state index contributed by atoms with van der Waals surface area (Å²) in [6.45, 7) is 4.88. The number of thiophene rings is 1. The van der Waals surface area contributed by atoms with E-state index in [-0.39, 0.29) is 6.04 Å². The molecule has 2 N–H and O–H groups in total. The van der Waals surface area contributed by atoms with Gasteiger partial charge in [-0.05, 0) is 50.7 Å². The van der Waals surface area contributed by atoms with Crippen molar-refractivity contribution in [2.75, 3.05) is 40.9 Å². The van der Waals surface area contributed by atoms with Crippen molar-refractivity contribution < 1.29 is 4.74 Å². The van der Waals surface area contributed by atoms with Gasteiger partial charge >= 0.3 is 0 Å². The minimum atomic E-state index is 0.244. The van der Waals surface area contributed by atoms with Gasteiger partial charge in [-0.25, -0.2) is 0 Å². The van der Waals surface area contributed by atoms with Crippen molar-refractivity contribution in [3.63, 3.8) is 0 Å². The summed E-state index contributed by atoms with van der Waals surface area (Å²) in [7, 11) is 5.78. The molecular weight excluding hydrogens is 308 g/mol. The Labute approximate surface area is 144 Å². The highest BCUT2D eigenvalue weighted by molar-refractivity contribution is 7.10. The van der Waals surface area contributed by atoms with E-state index in [0.29, 0.717) is 18.6 Å². The van der Waals surface area contributed by atoms with Gasteiger partial charge in [0.15, 0.2) is 5.96 Å². The Balaban J connectivity index is 1.94. The van der Waals surface area contributed by atoms with E-state index < -0.39 is 0 Å². The third kappa shape index (κ3) is 5.19. The maximum absolute atomic E-state index is 5.17. The van der Waals surface area contributed by atoms with Crippen molar-refractivity contribution in [1.82, 2.24) is 15.5 Å². The van der Waals surface area contributed by atoms with Crippen molar-refractivity contribution in [2.45, 2.75) is 31.8 Å². The van der Waals surface area contributed by atoms with E-state index in [1.165, 1.54) is 24.3 Å². The van der Waals surface area contributed by atoms with Gasteiger partial charge in [0.05, 0.1) is 6.61 Å². The van der Waals surface area contributed by atoms with Crippen LogP contribution in [-0.2, 0) is 4.74 Å². The smallest absolute Gasteiger partial charge is 0.191 e. The first-order chi connectivity index (χ1) is 11.2. The number of piperidine rings is 1. The second kappa shape index (κ2) is 9.25. The summed E-state index contributed by atoms with van der Waals surface area (Å²) < 4.78 is 5.17. The number of ether oxygens (including phenoxy) is 1. The van der Waals surface area contributed by atoms with Crippen molar-refractivity contribution in [3.8, 4) is 0 Å². The summed E-state index contributed by atoms with van der Waals surface area (Å²) in [5.41, 5.74) is 0. The summed E-state index contributed by atoms with van der Waals surface area (Å²) in [5, 5.41) is 9.05. The van der Waals surface area contributed by atoms with E-state index in [1.807, 2.05) is 18.4 Å². The number of hydrogen-bond donors (Lipinski definition) is 2. The first kappa shape index (κ1) is 18.2. The lowest BCUT2D eigenvalue weighted by Gasteiger charge is -2.39. The molecule has 1 aromatic rings. The summed E-state index contributed by atoms with van der Waals surface area (Å²) in [6.07, 6.45) is 2.52. The SMILES string of the molecule is CN=C(NCC1CCCN(C)C1c1cccs1)NC(C)COC. The van der Waals surface area contributed by atoms with Gasteiger partial charge in [-0.2, -0.15) is 0 Å². The normalized spacial score (nSPS) is 24.4. The molecule has 0 bridgehead atoms. The first-order valence-corrected chi connectivity index (χ1v) is 9.23. The summed E-state index contributed by atoms with van der Waals surface area (Å²) in [5.74, 6) is 1.45. The second-order valence-corrected chi connectivity index (χ2v) is 7.28. The van der Waals surface area contributed by atoms with Gasteiger partial charge in [0.1, 0.15) is 0 Å². The predicted octanol–water partition coefficient (Wildman–Crippen LogP) is 2.33. The molecule has 23 heavy (non-hydrogen) atoms. The molecule has 1 saturated heterocycles. The quantitative estimate of drug-likeness (QED) is 0.617. The van der Waals surface area contributed by atoms with Crippen LogP contribution in [0.4, 0.5) is 0 Å². The van der Waals surface area contributed by atoms with Gasteiger partial charge in [-0.3, -0.25) is 9.89 Å². The Bertz CT molecular complexity index is 477. The lowest BCUT2D eigenvalue weighted by Crippen LogP contribution is -2.47. The van der Waals surface area contributed by atoms with Crippen LogP contribution in [0.3, 0.4) is 0 Å². The van der Waals surface area contributed by atoms with E-state index in [9.17, 15) is 0 Å². The largest absolute Gasteiger partial charge is 0.383 e. The van der Waals surface area contributed by atoms with Crippen molar-refractivity contribution >= 4 is 17.3 Å². The van der Waals surface area contributed by atoms with Crippen LogP contribution in [0, 0.1) is 5.92 Å². The highest BCUT2D eigenvalue weighted by Crippen LogP contribution is 2.36. The van der Waals surface area contributed by atoms with Crippen molar-refractivity contribution in [1.29, 1.82) is 0 Å². The van der Waals surface area contributed by atoms with Gasteiger partial charge < -0.3 is 15.4 Å². The second-order valence-electron chi connectivity index (χ2n) is 6.30. The average molecular weight is 339 g/mol. The van der Waals surface area contributed by atoms with Crippen LogP contribution in [0.15, 0.2) is 22.5 Å². The maximum atomic E-state index is 5.17. The molecule has 1 aliphatic heterocycles. The lowest BCUT2D eigenvalue weighted by atomic mass is 9.88. The van der Waals surface area contributed by atoms with Crippen LogP contribution >= 0.6 is 11.3 Å². The average Bonchev–Trinajstić information content (AvgIpc) is 3.05. The minimum absolute atomic E-state index is 0.244. The van der Waals surface area contributed by atoms with Gasteiger partial charge in [0, 0.05) is 37.7 Å². The van der Waals surface area contributed by atoms with Crippen LogP contribution in [0.25, 0.3) is 0 Å². The molecule has 0 aliphatic carbocycles. The number of aliphatic imine (C=N–C) groups is 1. The zero-order valence-corrected chi connectivity index (χ0v) is 15.5. The molecular formula is C17H30N4OS. The highest BCUT2D eigenvalue weighted by atomic mass is 32.1. The predicted molar refractivity (Wildman–Crippen MR) is 98.2 cm³/mol. The fraction of sp³-hybridized carbons (Fsp3) is 0.706. The van der Waals surface area contributed by atoms with Gasteiger partial charge in [-0.15, -0.1) is 11.3 Å². The molecule has 2 heterocycles. The number of nitrogens with one attached hydrogen (secondary N) is 2. The number of methoxy groups -OCH3 is 1. The zero-order valence-electron chi connectivity index (χ0n) is 14.7. The lowest BCUT2D eigenvalue weighted by molar-refractivity contribution is 0.125. The number of likely N-dealkylation sites (tertiary alicyclic amines) is 1. The number of guanidine groups is 1. The maximum Gasteiger partial charge on any atom is 0.191 e. The van der Waals surface area contributed by atoms with E-state index >= 15 is 0 Å². The molecule has 0 spiro atoms. The molecule has 3 unspecified atom stereocenters. The number of rotatable bonds is 6. The minimum Gasteiger partial charge on any atom is -0.383 e. The molecule has 0 aromatic carbocycles. The summed E-state index contributed by atoms with van der Waals surface area (Å²) in [4.78, 5) is 8.29. The van der Waals surface area contributed by atoms with E-state index in [4.69, 9.17) is 4.74 Å². The fourth-order valence-corrected chi connectivity index (χ4v) is 4.31. The molecule has 130 valence electrons. The van der Waals surface area contributed by atoms with E-state index in [0.717, 1.165) is 12.5 Å². The van der Waals surface area contributed by atoms with Crippen molar-refractivity contribution in [2.24, 2.45) is 10.9 Å². The fourth-order valence-electron chi connectivity index (χ4n) is 3.33. The molecule has 1 aromatic heterocycles. The topological polar surface area (TPSA) is 48.9 Å². The van der Waals surface area contributed by atoms with Crippen LogP contribution in [0.5, 0.6) is 0 Å². The number of nitrogens with zero attached hydrogens (tertiary/aromatic N) is 2. The summed E-state index contributed by atoms with van der Waals surface area (Å²) >= 11 is 1.86. The van der Waals surface area contributed by atoms with E-state index in [1.54, 1.807) is 7.11 Å². The van der Waals surface area contributed by atoms with Gasteiger partial charge in [0.2, 0.25) is 0 Å². The van der Waals surface area contributed by atoms with Gasteiger partial charge in [0.25, 0.3) is 0 Å². The molecule has 6 heteroatoms. The van der Waals surface area contributed by atoms with Crippen LogP contribution in [-0.4, -0.2) is 57.8 Å².